The first kappa shape index (κ1) is 24.0. The minimum absolute atomic E-state index is 0.0700. The van der Waals surface area contributed by atoms with E-state index in [1.165, 1.54) is 16.4 Å². The molecule has 0 amide bonds. The molecule has 2 rings (SSSR count). The van der Waals surface area contributed by atoms with E-state index in [-0.39, 0.29) is 42.3 Å². The summed E-state index contributed by atoms with van der Waals surface area (Å²) in [6, 6.07) is 14.9. The second-order valence-electron chi connectivity index (χ2n) is 6.92. The maximum absolute atomic E-state index is 13.0. The van der Waals surface area contributed by atoms with Crippen molar-refractivity contribution in [2.24, 2.45) is 0 Å². The zero-order chi connectivity index (χ0) is 22.2. The molecular weight excluding hydrogens is 424 g/mol. The van der Waals surface area contributed by atoms with E-state index in [0.717, 1.165) is 11.1 Å². The number of nitrogens with zero attached hydrogens (tertiary/aromatic N) is 2. The SMILES string of the molecule is Cc1ccc(S(=O)(=O)N(CCCC#N)CCCOS(=O)(=O)c2cccc(C)c2)cc1. The summed E-state index contributed by atoms with van der Waals surface area (Å²) in [5, 5.41) is 8.76. The molecule has 0 aliphatic rings. The van der Waals surface area contributed by atoms with Crippen LogP contribution in [-0.2, 0) is 24.3 Å². The molecule has 0 saturated heterocycles. The predicted octanol–water partition coefficient (Wildman–Crippen LogP) is 3.39. The van der Waals surface area contributed by atoms with Crippen molar-refractivity contribution in [2.45, 2.75) is 42.9 Å². The minimum Gasteiger partial charge on any atom is -0.266 e. The van der Waals surface area contributed by atoms with Crippen LogP contribution in [0.1, 0.15) is 30.4 Å². The molecule has 0 atom stereocenters. The smallest absolute Gasteiger partial charge is 0.266 e. The van der Waals surface area contributed by atoms with E-state index in [1.54, 1.807) is 43.3 Å². The largest absolute Gasteiger partial charge is 0.296 e. The number of sulfonamides is 1. The number of rotatable bonds is 11. The molecule has 162 valence electrons. The van der Waals surface area contributed by atoms with Crippen molar-refractivity contribution in [3.05, 3.63) is 59.7 Å². The molecule has 2 aromatic carbocycles. The quantitative estimate of drug-likeness (QED) is 0.384. The summed E-state index contributed by atoms with van der Waals surface area (Å²) in [4.78, 5) is 0.235. The Kier molecular flexibility index (Phi) is 8.55. The molecule has 7 nitrogen and oxygen atoms in total. The third-order valence-corrected chi connectivity index (χ3v) is 7.64. The normalized spacial score (nSPS) is 12.1. The number of benzene rings is 2. The number of aryl methyl sites for hydroxylation is 2. The lowest BCUT2D eigenvalue weighted by Gasteiger charge is -2.22. The molecule has 0 heterocycles. The highest BCUT2D eigenvalue weighted by Gasteiger charge is 2.24. The summed E-state index contributed by atoms with van der Waals surface area (Å²) >= 11 is 0. The van der Waals surface area contributed by atoms with Gasteiger partial charge in [-0.3, -0.25) is 4.18 Å². The lowest BCUT2D eigenvalue weighted by molar-refractivity contribution is 0.290. The molecular formula is C21H26N2O5S2. The van der Waals surface area contributed by atoms with E-state index in [9.17, 15) is 16.8 Å². The second-order valence-corrected chi connectivity index (χ2v) is 10.5. The topological polar surface area (TPSA) is 105 Å². The monoisotopic (exact) mass is 450 g/mol. The highest BCUT2D eigenvalue weighted by molar-refractivity contribution is 7.89. The Bertz CT molecular complexity index is 1090. The molecule has 0 radical (unpaired) electrons. The molecule has 9 heteroatoms. The van der Waals surface area contributed by atoms with Crippen molar-refractivity contribution in [3.63, 3.8) is 0 Å². The van der Waals surface area contributed by atoms with Gasteiger partial charge in [0.25, 0.3) is 10.1 Å². The summed E-state index contributed by atoms with van der Waals surface area (Å²) in [6.07, 6.45) is 0.824. The van der Waals surface area contributed by atoms with Crippen molar-refractivity contribution in [3.8, 4) is 6.07 Å². The van der Waals surface area contributed by atoms with Gasteiger partial charge in [0.2, 0.25) is 10.0 Å². The summed E-state index contributed by atoms with van der Waals surface area (Å²) in [6.45, 7) is 3.77. The van der Waals surface area contributed by atoms with E-state index in [0.29, 0.717) is 6.42 Å². The Labute approximate surface area is 179 Å². The molecule has 0 N–H and O–H groups in total. The Balaban J connectivity index is 2.04. The van der Waals surface area contributed by atoms with Crippen molar-refractivity contribution in [2.75, 3.05) is 19.7 Å². The molecule has 30 heavy (non-hydrogen) atoms. The van der Waals surface area contributed by atoms with Gasteiger partial charge >= 0.3 is 0 Å². The van der Waals surface area contributed by atoms with Gasteiger partial charge in [0, 0.05) is 19.5 Å². The van der Waals surface area contributed by atoms with Gasteiger partial charge in [-0.2, -0.15) is 18.0 Å². The molecule has 0 saturated carbocycles. The lowest BCUT2D eigenvalue weighted by Crippen LogP contribution is -2.33. The van der Waals surface area contributed by atoms with Crippen LogP contribution in [-0.4, -0.2) is 40.8 Å². The van der Waals surface area contributed by atoms with Crippen molar-refractivity contribution >= 4 is 20.1 Å². The van der Waals surface area contributed by atoms with Gasteiger partial charge in [0.05, 0.1) is 22.5 Å². The first-order valence-corrected chi connectivity index (χ1v) is 12.4. The standard InChI is InChI=1S/C21H26N2O5S2/c1-18-9-11-20(12-10-18)29(24,25)23(14-4-3-13-22)15-6-16-28-30(26,27)21-8-5-7-19(2)17-21/h5,7-12,17H,3-4,6,14-16H2,1-2H3. The van der Waals surface area contributed by atoms with Gasteiger partial charge < -0.3 is 0 Å². The van der Waals surface area contributed by atoms with E-state index >= 15 is 0 Å². The average molecular weight is 451 g/mol. The van der Waals surface area contributed by atoms with Gasteiger partial charge in [-0.05, 0) is 56.5 Å². The third-order valence-electron chi connectivity index (χ3n) is 4.42. The van der Waals surface area contributed by atoms with Gasteiger partial charge in [0.1, 0.15) is 0 Å². The van der Waals surface area contributed by atoms with E-state index in [4.69, 9.17) is 9.44 Å². The van der Waals surface area contributed by atoms with Gasteiger partial charge in [0.15, 0.2) is 0 Å². The third kappa shape index (κ3) is 6.64. The Morgan fingerprint density at radius 2 is 1.57 bits per heavy atom. The predicted molar refractivity (Wildman–Crippen MR) is 114 cm³/mol. The summed E-state index contributed by atoms with van der Waals surface area (Å²) in [5.41, 5.74) is 1.74. The van der Waals surface area contributed by atoms with Crippen LogP contribution in [0.15, 0.2) is 58.3 Å². The number of hydrogen-bond donors (Lipinski definition) is 0. The van der Waals surface area contributed by atoms with Crippen LogP contribution in [0.25, 0.3) is 0 Å². The maximum atomic E-state index is 13.0. The first-order valence-electron chi connectivity index (χ1n) is 9.57. The highest BCUT2D eigenvalue weighted by atomic mass is 32.2. The molecule has 0 spiro atoms. The summed E-state index contributed by atoms with van der Waals surface area (Å²) in [7, 11) is -7.66. The first-order chi connectivity index (χ1) is 14.2. The average Bonchev–Trinajstić information content (AvgIpc) is 2.70. The molecule has 0 fully saturated rings. The molecule has 0 unspecified atom stereocenters. The number of unbranched alkanes of at least 4 members (excludes halogenated alkanes) is 1. The molecule has 0 aromatic heterocycles. The van der Waals surface area contributed by atoms with Gasteiger partial charge in [-0.1, -0.05) is 29.8 Å². The van der Waals surface area contributed by atoms with Crippen molar-refractivity contribution in [1.82, 2.24) is 4.31 Å². The molecule has 2 aromatic rings. The Morgan fingerprint density at radius 3 is 2.20 bits per heavy atom. The highest BCUT2D eigenvalue weighted by Crippen LogP contribution is 2.18. The zero-order valence-electron chi connectivity index (χ0n) is 17.1. The van der Waals surface area contributed by atoms with Crippen LogP contribution in [0.2, 0.25) is 0 Å². The van der Waals surface area contributed by atoms with Crippen LogP contribution >= 0.6 is 0 Å². The van der Waals surface area contributed by atoms with Crippen molar-refractivity contribution in [1.29, 1.82) is 5.26 Å². The lowest BCUT2D eigenvalue weighted by atomic mass is 10.2. The molecule has 0 aliphatic carbocycles. The molecule has 0 aliphatic heterocycles. The van der Waals surface area contributed by atoms with Crippen LogP contribution in [0.3, 0.4) is 0 Å². The summed E-state index contributed by atoms with van der Waals surface area (Å²) < 4.78 is 56.9. The second kappa shape index (κ2) is 10.7. The van der Waals surface area contributed by atoms with E-state index < -0.39 is 20.1 Å². The Hall–Kier alpha value is -2.25. The number of nitriles is 1. The fraction of sp³-hybridized carbons (Fsp3) is 0.381. The maximum Gasteiger partial charge on any atom is 0.296 e. The van der Waals surface area contributed by atoms with Crippen LogP contribution in [0.4, 0.5) is 0 Å². The summed E-state index contributed by atoms with van der Waals surface area (Å²) in [5.74, 6) is 0. The van der Waals surface area contributed by atoms with E-state index in [2.05, 4.69) is 0 Å². The molecule has 0 bridgehead atoms. The van der Waals surface area contributed by atoms with Crippen LogP contribution in [0, 0.1) is 25.2 Å². The zero-order valence-corrected chi connectivity index (χ0v) is 18.7. The Morgan fingerprint density at radius 1 is 0.900 bits per heavy atom. The van der Waals surface area contributed by atoms with Gasteiger partial charge in [-0.25, -0.2) is 8.42 Å². The van der Waals surface area contributed by atoms with Crippen LogP contribution < -0.4 is 0 Å². The van der Waals surface area contributed by atoms with Crippen molar-refractivity contribution < 1.29 is 21.0 Å². The van der Waals surface area contributed by atoms with Gasteiger partial charge in [-0.15, -0.1) is 0 Å². The fourth-order valence-electron chi connectivity index (χ4n) is 2.79. The number of hydrogen-bond acceptors (Lipinski definition) is 6. The van der Waals surface area contributed by atoms with Crippen LogP contribution in [0.5, 0.6) is 0 Å². The minimum atomic E-state index is -3.91. The van der Waals surface area contributed by atoms with E-state index in [1.807, 2.05) is 13.0 Å². The fourth-order valence-corrected chi connectivity index (χ4v) is 5.36.